The molecule has 0 rings (SSSR count). The van der Waals surface area contributed by atoms with Crippen LogP contribution in [0.3, 0.4) is 0 Å². The summed E-state index contributed by atoms with van der Waals surface area (Å²) in [5, 5.41) is 22.8. The summed E-state index contributed by atoms with van der Waals surface area (Å²) in [5.74, 6) is -0.0838. The van der Waals surface area contributed by atoms with E-state index in [1.165, 1.54) is 148 Å². The first kappa shape index (κ1) is 44.6. The van der Waals surface area contributed by atoms with Crippen LogP contribution in [-0.2, 0) is 4.79 Å². The van der Waals surface area contributed by atoms with Crippen LogP contribution in [0.1, 0.15) is 206 Å². The largest absolute Gasteiger partial charge is 0.394 e. The van der Waals surface area contributed by atoms with Crippen LogP contribution in [0.15, 0.2) is 36.5 Å². The van der Waals surface area contributed by atoms with Gasteiger partial charge < -0.3 is 15.5 Å². The van der Waals surface area contributed by atoms with E-state index in [1.807, 2.05) is 6.08 Å². The molecule has 0 aliphatic heterocycles. The van der Waals surface area contributed by atoms with Crippen LogP contribution in [0.4, 0.5) is 0 Å². The predicted molar refractivity (Wildman–Crippen MR) is 202 cm³/mol. The Labute approximate surface area is 287 Å². The van der Waals surface area contributed by atoms with Gasteiger partial charge in [0.15, 0.2) is 0 Å². The molecule has 0 aliphatic rings. The normalized spacial score (nSPS) is 13.4. The summed E-state index contributed by atoms with van der Waals surface area (Å²) in [4.78, 5) is 12.2. The van der Waals surface area contributed by atoms with Crippen LogP contribution in [-0.4, -0.2) is 34.9 Å². The van der Waals surface area contributed by atoms with Gasteiger partial charge in [-0.05, 0) is 44.9 Å². The van der Waals surface area contributed by atoms with E-state index < -0.39 is 12.1 Å². The van der Waals surface area contributed by atoms with E-state index in [-0.39, 0.29) is 12.5 Å². The van der Waals surface area contributed by atoms with Crippen LogP contribution in [0.25, 0.3) is 0 Å². The van der Waals surface area contributed by atoms with E-state index in [2.05, 4.69) is 43.5 Å². The van der Waals surface area contributed by atoms with Gasteiger partial charge >= 0.3 is 0 Å². The molecule has 4 heteroatoms. The Morgan fingerprint density at radius 3 is 1.26 bits per heavy atom. The van der Waals surface area contributed by atoms with Crippen molar-refractivity contribution in [2.75, 3.05) is 6.61 Å². The highest BCUT2D eigenvalue weighted by atomic mass is 16.3. The number of rotatable bonds is 36. The predicted octanol–water partition coefficient (Wildman–Crippen LogP) is 12.2. The fraction of sp³-hybridized carbons (Fsp3) is 0.833. The van der Waals surface area contributed by atoms with Crippen LogP contribution in [0, 0.1) is 0 Å². The second-order valence-corrected chi connectivity index (χ2v) is 13.7. The molecule has 0 spiro atoms. The summed E-state index contributed by atoms with van der Waals surface area (Å²) in [6.45, 7) is 4.26. The first-order valence-electron chi connectivity index (χ1n) is 20.2. The van der Waals surface area contributed by atoms with E-state index in [9.17, 15) is 15.0 Å². The molecule has 0 fully saturated rings. The molecule has 0 aliphatic carbocycles. The van der Waals surface area contributed by atoms with Crippen molar-refractivity contribution >= 4 is 5.91 Å². The van der Waals surface area contributed by atoms with Crippen LogP contribution >= 0.6 is 0 Å². The number of aliphatic hydroxyl groups excluding tert-OH is 2. The Kier molecular flexibility index (Phi) is 36.9. The third kappa shape index (κ3) is 34.0. The summed E-state index contributed by atoms with van der Waals surface area (Å²) < 4.78 is 0. The monoisotopic (exact) mass is 646 g/mol. The Morgan fingerprint density at radius 2 is 0.848 bits per heavy atom. The van der Waals surface area contributed by atoms with Gasteiger partial charge in [-0.25, -0.2) is 0 Å². The molecule has 46 heavy (non-hydrogen) atoms. The van der Waals surface area contributed by atoms with Gasteiger partial charge in [0.25, 0.3) is 0 Å². The highest BCUT2D eigenvalue weighted by molar-refractivity contribution is 5.76. The minimum atomic E-state index is -0.865. The minimum absolute atomic E-state index is 0.0838. The number of hydrogen-bond donors (Lipinski definition) is 3. The van der Waals surface area contributed by atoms with E-state index in [1.54, 1.807) is 6.08 Å². The maximum Gasteiger partial charge on any atom is 0.220 e. The lowest BCUT2D eigenvalue weighted by atomic mass is 10.0. The zero-order valence-corrected chi connectivity index (χ0v) is 30.8. The number of carbonyl (C=O) groups excluding carboxylic acids is 1. The third-order valence-electron chi connectivity index (χ3n) is 9.10. The Hall–Kier alpha value is -1.39. The molecule has 1 amide bonds. The van der Waals surface area contributed by atoms with E-state index in [0.717, 1.165) is 38.5 Å². The van der Waals surface area contributed by atoms with E-state index in [0.29, 0.717) is 6.42 Å². The molecule has 0 aromatic rings. The summed E-state index contributed by atoms with van der Waals surface area (Å²) in [6.07, 6.45) is 49.8. The van der Waals surface area contributed by atoms with Crippen molar-refractivity contribution in [3.63, 3.8) is 0 Å². The van der Waals surface area contributed by atoms with Crippen molar-refractivity contribution in [1.29, 1.82) is 0 Å². The molecule has 270 valence electrons. The maximum absolute atomic E-state index is 12.2. The smallest absolute Gasteiger partial charge is 0.220 e. The minimum Gasteiger partial charge on any atom is -0.394 e. The van der Waals surface area contributed by atoms with Gasteiger partial charge in [-0.3, -0.25) is 4.79 Å². The van der Waals surface area contributed by atoms with Crippen molar-refractivity contribution in [2.45, 2.75) is 219 Å². The van der Waals surface area contributed by atoms with Crippen molar-refractivity contribution in [2.24, 2.45) is 0 Å². The number of hydrogen-bond acceptors (Lipinski definition) is 3. The maximum atomic E-state index is 12.2. The van der Waals surface area contributed by atoms with Crippen LogP contribution < -0.4 is 5.32 Å². The molecule has 0 aromatic carbocycles. The van der Waals surface area contributed by atoms with Crippen LogP contribution in [0.2, 0.25) is 0 Å². The lowest BCUT2D eigenvalue weighted by Crippen LogP contribution is -2.45. The molecule has 4 nitrogen and oxygen atoms in total. The van der Waals surface area contributed by atoms with Crippen molar-refractivity contribution in [1.82, 2.24) is 5.32 Å². The fourth-order valence-electron chi connectivity index (χ4n) is 5.97. The molecule has 0 saturated carbocycles. The number of amides is 1. The number of allylic oxidation sites excluding steroid dienone is 5. The second kappa shape index (κ2) is 38.1. The van der Waals surface area contributed by atoms with E-state index in [4.69, 9.17) is 0 Å². The quantitative estimate of drug-likeness (QED) is 0.0469. The Bertz CT molecular complexity index is 701. The molecular formula is C42H79NO3. The highest BCUT2D eigenvalue weighted by Gasteiger charge is 2.17. The van der Waals surface area contributed by atoms with Crippen molar-refractivity contribution in [3.8, 4) is 0 Å². The second-order valence-electron chi connectivity index (χ2n) is 13.7. The molecule has 0 radical (unpaired) electrons. The first-order valence-corrected chi connectivity index (χ1v) is 20.2. The Balaban J connectivity index is 3.58. The molecule has 2 atom stereocenters. The number of nitrogens with one attached hydrogen (secondary N) is 1. The van der Waals surface area contributed by atoms with Crippen molar-refractivity contribution < 1.29 is 15.0 Å². The van der Waals surface area contributed by atoms with Gasteiger partial charge in [0.05, 0.1) is 18.8 Å². The summed E-state index contributed by atoms with van der Waals surface area (Å²) >= 11 is 0. The SMILES string of the molecule is CCCCCCCCCCCCCCCCCC/C=C/CC/C=C/CC/C=C/C(O)C(CO)NC(=O)CCCCCCCCCC. The highest BCUT2D eigenvalue weighted by Crippen LogP contribution is 2.14. The van der Waals surface area contributed by atoms with Crippen molar-refractivity contribution in [3.05, 3.63) is 36.5 Å². The molecule has 0 heterocycles. The zero-order valence-electron chi connectivity index (χ0n) is 30.8. The summed E-state index contributed by atoms with van der Waals surface area (Å²) in [6, 6.07) is -0.640. The van der Waals surface area contributed by atoms with Gasteiger partial charge in [-0.15, -0.1) is 0 Å². The molecule has 0 saturated heterocycles. The number of aliphatic hydroxyl groups is 2. The topological polar surface area (TPSA) is 69.6 Å². The van der Waals surface area contributed by atoms with Gasteiger partial charge in [0.1, 0.15) is 0 Å². The van der Waals surface area contributed by atoms with E-state index >= 15 is 0 Å². The standard InChI is InChI=1S/C42H79NO3/c1-3-5-7-9-11-13-14-15-16-17-18-19-20-21-22-23-24-25-26-27-28-29-30-31-33-35-37-41(45)40(39-44)43-42(46)38-36-34-32-12-10-8-6-4-2/h25-26,29-30,35,37,40-41,44-45H,3-24,27-28,31-34,36,38-39H2,1-2H3,(H,43,46)/b26-25+,30-29+,37-35+. The number of unbranched alkanes of at least 4 members (excludes halogenated alkanes) is 25. The Morgan fingerprint density at radius 1 is 0.500 bits per heavy atom. The number of carbonyl (C=O) groups is 1. The lowest BCUT2D eigenvalue weighted by Gasteiger charge is -2.19. The summed E-state index contributed by atoms with van der Waals surface area (Å²) in [5.41, 5.74) is 0. The average molecular weight is 646 g/mol. The first-order chi connectivity index (χ1) is 22.7. The van der Waals surface area contributed by atoms with Gasteiger partial charge in [0, 0.05) is 6.42 Å². The molecule has 2 unspecified atom stereocenters. The van der Waals surface area contributed by atoms with Gasteiger partial charge in [0.2, 0.25) is 5.91 Å². The van der Waals surface area contributed by atoms with Gasteiger partial charge in [-0.2, -0.15) is 0 Å². The average Bonchev–Trinajstić information content (AvgIpc) is 3.06. The molecule has 0 bridgehead atoms. The fourth-order valence-corrected chi connectivity index (χ4v) is 5.97. The summed E-state index contributed by atoms with van der Waals surface area (Å²) in [7, 11) is 0. The molecular weight excluding hydrogens is 566 g/mol. The van der Waals surface area contributed by atoms with Crippen LogP contribution in [0.5, 0.6) is 0 Å². The molecule has 3 N–H and O–H groups in total. The molecule has 0 aromatic heterocycles. The zero-order chi connectivity index (χ0) is 33.6. The third-order valence-corrected chi connectivity index (χ3v) is 9.10. The lowest BCUT2D eigenvalue weighted by molar-refractivity contribution is -0.123. The van der Waals surface area contributed by atoms with Gasteiger partial charge in [-0.1, -0.05) is 192 Å².